The van der Waals surface area contributed by atoms with E-state index in [0.29, 0.717) is 10.0 Å². The summed E-state index contributed by atoms with van der Waals surface area (Å²) in [6.07, 6.45) is 0.256. The zero-order chi connectivity index (χ0) is 14.7. The van der Waals surface area contributed by atoms with E-state index in [9.17, 15) is 4.79 Å². The molecule has 0 saturated heterocycles. The Balaban J connectivity index is 2.04. The van der Waals surface area contributed by atoms with Crippen LogP contribution in [-0.4, -0.2) is 5.91 Å². The van der Waals surface area contributed by atoms with Gasteiger partial charge in [-0.1, -0.05) is 45.2 Å². The maximum Gasteiger partial charge on any atom is 0.228 e. The molecule has 0 spiro atoms. The van der Waals surface area contributed by atoms with E-state index in [1.807, 2.05) is 25.1 Å². The smallest absolute Gasteiger partial charge is 0.228 e. The van der Waals surface area contributed by atoms with Crippen LogP contribution >= 0.6 is 39.1 Å². The first-order valence-corrected chi connectivity index (χ1v) is 7.50. The van der Waals surface area contributed by atoms with Crippen LogP contribution in [0.1, 0.15) is 11.1 Å². The van der Waals surface area contributed by atoms with Crippen molar-refractivity contribution in [3.8, 4) is 0 Å². The number of hydrogen-bond acceptors (Lipinski definition) is 1. The Kier molecular flexibility index (Phi) is 5.08. The lowest BCUT2D eigenvalue weighted by Gasteiger charge is -2.08. The lowest BCUT2D eigenvalue weighted by Crippen LogP contribution is -2.14. The molecule has 0 bridgehead atoms. The molecule has 0 heterocycles. The molecule has 1 amide bonds. The normalized spacial score (nSPS) is 10.4. The molecule has 0 aliphatic heterocycles. The van der Waals surface area contributed by atoms with Crippen molar-refractivity contribution < 1.29 is 4.79 Å². The van der Waals surface area contributed by atoms with Gasteiger partial charge in [-0.2, -0.15) is 0 Å². The molecule has 0 aliphatic rings. The molecule has 20 heavy (non-hydrogen) atoms. The molecule has 104 valence electrons. The summed E-state index contributed by atoms with van der Waals surface area (Å²) in [5.41, 5.74) is 2.67. The summed E-state index contributed by atoms with van der Waals surface area (Å²) in [4.78, 5) is 12.0. The number of amides is 1. The van der Waals surface area contributed by atoms with Crippen molar-refractivity contribution in [2.45, 2.75) is 13.3 Å². The van der Waals surface area contributed by atoms with Gasteiger partial charge in [-0.3, -0.25) is 4.79 Å². The van der Waals surface area contributed by atoms with Crippen molar-refractivity contribution in [2.24, 2.45) is 0 Å². The van der Waals surface area contributed by atoms with Crippen LogP contribution in [0, 0.1) is 6.92 Å². The Morgan fingerprint density at radius 3 is 2.55 bits per heavy atom. The lowest BCUT2D eigenvalue weighted by atomic mass is 10.1. The van der Waals surface area contributed by atoms with Crippen LogP contribution in [0.4, 0.5) is 5.69 Å². The molecule has 2 nitrogen and oxygen atoms in total. The molecule has 2 rings (SSSR count). The van der Waals surface area contributed by atoms with E-state index in [0.717, 1.165) is 21.3 Å². The van der Waals surface area contributed by atoms with E-state index < -0.39 is 0 Å². The largest absolute Gasteiger partial charge is 0.326 e. The van der Waals surface area contributed by atoms with Crippen LogP contribution < -0.4 is 5.32 Å². The summed E-state index contributed by atoms with van der Waals surface area (Å²) in [7, 11) is 0. The fraction of sp³-hybridized carbons (Fsp3) is 0.133. The van der Waals surface area contributed by atoms with Crippen LogP contribution in [0.25, 0.3) is 0 Å². The molecular weight excluding hydrogens is 361 g/mol. The van der Waals surface area contributed by atoms with Gasteiger partial charge in [0.15, 0.2) is 0 Å². The van der Waals surface area contributed by atoms with Gasteiger partial charge in [-0.15, -0.1) is 0 Å². The highest BCUT2D eigenvalue weighted by Crippen LogP contribution is 2.23. The van der Waals surface area contributed by atoms with E-state index in [2.05, 4.69) is 21.2 Å². The molecule has 0 aliphatic carbocycles. The number of aryl methyl sites for hydroxylation is 1. The van der Waals surface area contributed by atoms with Crippen molar-refractivity contribution in [3.63, 3.8) is 0 Å². The quantitative estimate of drug-likeness (QED) is 0.783. The van der Waals surface area contributed by atoms with Gasteiger partial charge in [0.25, 0.3) is 0 Å². The SMILES string of the molecule is Cc1cc(NC(=O)Cc2ccc(Cl)c(Cl)c2)ccc1Br. The van der Waals surface area contributed by atoms with E-state index in [-0.39, 0.29) is 12.3 Å². The Morgan fingerprint density at radius 2 is 1.90 bits per heavy atom. The summed E-state index contributed by atoms with van der Waals surface area (Å²) >= 11 is 15.2. The molecular formula is C15H12BrCl2NO. The third kappa shape index (κ3) is 3.98. The number of carbonyl (C=O) groups is 1. The highest BCUT2D eigenvalue weighted by atomic mass is 79.9. The Hall–Kier alpha value is -1.03. The van der Waals surface area contributed by atoms with Gasteiger partial charge in [0, 0.05) is 10.2 Å². The van der Waals surface area contributed by atoms with Gasteiger partial charge in [-0.05, 0) is 48.4 Å². The lowest BCUT2D eigenvalue weighted by molar-refractivity contribution is -0.115. The molecule has 2 aromatic rings. The predicted molar refractivity (Wildman–Crippen MR) is 87.7 cm³/mol. The molecule has 0 saturated carbocycles. The minimum absolute atomic E-state index is 0.0925. The molecule has 0 aromatic heterocycles. The highest BCUT2D eigenvalue weighted by Gasteiger charge is 2.07. The third-order valence-electron chi connectivity index (χ3n) is 2.79. The highest BCUT2D eigenvalue weighted by molar-refractivity contribution is 9.10. The van der Waals surface area contributed by atoms with Gasteiger partial charge in [0.2, 0.25) is 5.91 Å². The minimum atomic E-state index is -0.0925. The van der Waals surface area contributed by atoms with Crippen molar-refractivity contribution in [1.82, 2.24) is 0 Å². The second kappa shape index (κ2) is 6.61. The first kappa shape index (κ1) is 15.4. The maximum absolute atomic E-state index is 12.0. The van der Waals surface area contributed by atoms with Crippen LogP contribution in [0.2, 0.25) is 10.0 Å². The van der Waals surface area contributed by atoms with Crippen LogP contribution in [0.15, 0.2) is 40.9 Å². The average Bonchev–Trinajstić information content (AvgIpc) is 2.38. The number of carbonyl (C=O) groups excluding carboxylic acids is 1. The van der Waals surface area contributed by atoms with Gasteiger partial charge < -0.3 is 5.32 Å². The monoisotopic (exact) mass is 371 g/mol. The minimum Gasteiger partial charge on any atom is -0.326 e. The topological polar surface area (TPSA) is 29.1 Å². The number of rotatable bonds is 3. The fourth-order valence-corrected chi connectivity index (χ4v) is 2.33. The zero-order valence-corrected chi connectivity index (χ0v) is 13.8. The molecule has 5 heteroatoms. The third-order valence-corrected chi connectivity index (χ3v) is 4.42. The van der Waals surface area contributed by atoms with E-state index in [1.165, 1.54) is 0 Å². The average molecular weight is 373 g/mol. The Bertz CT molecular complexity index is 603. The number of hydrogen-bond donors (Lipinski definition) is 1. The van der Waals surface area contributed by atoms with Crippen molar-refractivity contribution in [1.29, 1.82) is 0 Å². The fourth-order valence-electron chi connectivity index (χ4n) is 1.76. The van der Waals surface area contributed by atoms with Crippen molar-refractivity contribution in [3.05, 3.63) is 62.0 Å². The van der Waals surface area contributed by atoms with Crippen LogP contribution in [0.3, 0.4) is 0 Å². The van der Waals surface area contributed by atoms with E-state index >= 15 is 0 Å². The first-order chi connectivity index (χ1) is 9.45. The summed E-state index contributed by atoms with van der Waals surface area (Å²) in [5.74, 6) is -0.0925. The second-order valence-electron chi connectivity index (χ2n) is 4.44. The summed E-state index contributed by atoms with van der Waals surface area (Å²) in [5, 5.41) is 3.80. The first-order valence-electron chi connectivity index (χ1n) is 5.95. The van der Waals surface area contributed by atoms with Gasteiger partial charge in [-0.25, -0.2) is 0 Å². The maximum atomic E-state index is 12.0. The molecule has 0 unspecified atom stereocenters. The van der Waals surface area contributed by atoms with Crippen molar-refractivity contribution in [2.75, 3.05) is 5.32 Å². The molecule has 0 atom stereocenters. The van der Waals surface area contributed by atoms with E-state index in [4.69, 9.17) is 23.2 Å². The zero-order valence-electron chi connectivity index (χ0n) is 10.7. The number of anilines is 1. The summed E-state index contributed by atoms with van der Waals surface area (Å²) in [6, 6.07) is 10.9. The van der Waals surface area contributed by atoms with Crippen LogP contribution in [-0.2, 0) is 11.2 Å². The Labute approximate surface area is 136 Å². The summed E-state index contributed by atoms with van der Waals surface area (Å²) in [6.45, 7) is 1.97. The van der Waals surface area contributed by atoms with Crippen LogP contribution in [0.5, 0.6) is 0 Å². The summed E-state index contributed by atoms with van der Waals surface area (Å²) < 4.78 is 1.01. The molecule has 1 N–H and O–H groups in total. The molecule has 0 fully saturated rings. The van der Waals surface area contributed by atoms with Gasteiger partial charge in [0.05, 0.1) is 16.5 Å². The number of nitrogens with one attached hydrogen (secondary N) is 1. The second-order valence-corrected chi connectivity index (χ2v) is 6.11. The molecule has 2 aromatic carbocycles. The standard InChI is InChI=1S/C15H12BrCl2NO/c1-9-6-11(3-4-12(9)16)19-15(20)8-10-2-5-13(17)14(18)7-10/h2-7H,8H2,1H3,(H,19,20). The predicted octanol–water partition coefficient (Wildman–Crippen LogP) is 5.25. The Morgan fingerprint density at radius 1 is 1.15 bits per heavy atom. The molecule has 0 radical (unpaired) electrons. The van der Waals surface area contributed by atoms with E-state index in [1.54, 1.807) is 18.2 Å². The van der Waals surface area contributed by atoms with Gasteiger partial charge in [0.1, 0.15) is 0 Å². The van der Waals surface area contributed by atoms with Crippen molar-refractivity contribution >= 4 is 50.7 Å². The number of benzene rings is 2. The van der Waals surface area contributed by atoms with Gasteiger partial charge >= 0.3 is 0 Å². The number of halogens is 3.